The molecule has 0 saturated carbocycles. The Morgan fingerprint density at radius 2 is 2.23 bits per heavy atom. The van der Waals surface area contributed by atoms with Crippen molar-refractivity contribution < 1.29 is 4.79 Å². The molecule has 1 rings (SSSR count). The Bertz CT molecular complexity index is 294. The minimum atomic E-state index is 0.645. The van der Waals surface area contributed by atoms with Crippen molar-refractivity contribution in [3.63, 3.8) is 0 Å². The van der Waals surface area contributed by atoms with Gasteiger partial charge in [0, 0.05) is 11.4 Å². The number of carbonyl (C=O) groups excluding carboxylic acids is 1. The fraction of sp³-hybridized carbons (Fsp3) is 0.364. The van der Waals surface area contributed by atoms with Crippen molar-refractivity contribution >= 4 is 17.9 Å². The quantitative estimate of drug-likeness (QED) is 0.535. The molecule has 0 unspecified atom stereocenters. The van der Waals surface area contributed by atoms with Crippen molar-refractivity contribution in [2.24, 2.45) is 0 Å². The highest BCUT2D eigenvalue weighted by Crippen LogP contribution is 2.13. The second-order valence-electron chi connectivity index (χ2n) is 3.06. The molecular weight excluding hydrogens is 184 g/mol. The molecule has 0 spiro atoms. The maximum atomic E-state index is 10.8. The molecule has 0 atom stereocenters. The van der Waals surface area contributed by atoms with Crippen molar-refractivity contribution in [3.05, 3.63) is 34.9 Å². The molecule has 70 valence electrons. The molecule has 0 radical (unpaired) electrons. The molecule has 0 aliphatic heterocycles. The van der Waals surface area contributed by atoms with E-state index in [0.717, 1.165) is 35.8 Å². The lowest BCUT2D eigenvalue weighted by Crippen LogP contribution is -1.96. The van der Waals surface area contributed by atoms with Crippen molar-refractivity contribution in [2.75, 3.05) is 5.88 Å². The van der Waals surface area contributed by atoms with E-state index in [2.05, 4.69) is 0 Å². The van der Waals surface area contributed by atoms with Gasteiger partial charge in [-0.25, -0.2) is 0 Å². The first-order chi connectivity index (χ1) is 6.29. The standard InChI is InChI=1S/C11H13ClO/c1-9-4-2-5-10(6-3-7-12)11(9)8-13/h2,4-5,8H,3,6-7H2,1H3. The first-order valence-corrected chi connectivity index (χ1v) is 4.92. The van der Waals surface area contributed by atoms with E-state index in [0.29, 0.717) is 5.88 Å². The smallest absolute Gasteiger partial charge is 0.150 e. The summed E-state index contributed by atoms with van der Waals surface area (Å²) in [5, 5.41) is 0. The van der Waals surface area contributed by atoms with Crippen LogP contribution in [0.2, 0.25) is 0 Å². The summed E-state index contributed by atoms with van der Waals surface area (Å²) in [7, 11) is 0. The van der Waals surface area contributed by atoms with Crippen LogP contribution < -0.4 is 0 Å². The zero-order valence-corrected chi connectivity index (χ0v) is 8.47. The minimum Gasteiger partial charge on any atom is -0.298 e. The van der Waals surface area contributed by atoms with Crippen LogP contribution in [0.4, 0.5) is 0 Å². The maximum absolute atomic E-state index is 10.8. The van der Waals surface area contributed by atoms with E-state index in [1.165, 1.54) is 0 Å². The number of benzene rings is 1. The summed E-state index contributed by atoms with van der Waals surface area (Å²) < 4.78 is 0. The zero-order chi connectivity index (χ0) is 9.68. The van der Waals surface area contributed by atoms with Gasteiger partial charge in [-0.3, -0.25) is 4.79 Å². The zero-order valence-electron chi connectivity index (χ0n) is 7.72. The van der Waals surface area contributed by atoms with Crippen LogP contribution >= 0.6 is 11.6 Å². The van der Waals surface area contributed by atoms with E-state index >= 15 is 0 Å². The third-order valence-corrected chi connectivity index (χ3v) is 2.38. The predicted octanol–water partition coefficient (Wildman–Crippen LogP) is 2.98. The van der Waals surface area contributed by atoms with E-state index in [9.17, 15) is 4.79 Å². The van der Waals surface area contributed by atoms with Crippen molar-refractivity contribution in [2.45, 2.75) is 19.8 Å². The summed E-state index contributed by atoms with van der Waals surface area (Å²) in [5.41, 5.74) is 2.98. The number of hydrogen-bond acceptors (Lipinski definition) is 1. The number of alkyl halides is 1. The second kappa shape index (κ2) is 5.03. The van der Waals surface area contributed by atoms with E-state index in [1.54, 1.807) is 0 Å². The molecule has 0 bridgehead atoms. The molecule has 1 aromatic rings. The van der Waals surface area contributed by atoms with Crippen LogP contribution in [0.15, 0.2) is 18.2 Å². The predicted molar refractivity (Wildman–Crippen MR) is 55.6 cm³/mol. The SMILES string of the molecule is Cc1cccc(CCCCl)c1C=O. The van der Waals surface area contributed by atoms with E-state index in [-0.39, 0.29) is 0 Å². The summed E-state index contributed by atoms with van der Waals surface area (Å²) in [6.07, 6.45) is 2.74. The normalized spacial score (nSPS) is 10.0. The van der Waals surface area contributed by atoms with Crippen molar-refractivity contribution in [3.8, 4) is 0 Å². The van der Waals surface area contributed by atoms with Crippen LogP contribution in [0.25, 0.3) is 0 Å². The van der Waals surface area contributed by atoms with Gasteiger partial charge < -0.3 is 0 Å². The average molecular weight is 197 g/mol. The Hall–Kier alpha value is -0.820. The molecule has 1 nitrogen and oxygen atoms in total. The molecule has 2 heteroatoms. The van der Waals surface area contributed by atoms with Gasteiger partial charge in [-0.15, -0.1) is 11.6 Å². The molecule has 0 saturated heterocycles. The molecule has 0 amide bonds. The van der Waals surface area contributed by atoms with Crippen LogP contribution in [0, 0.1) is 6.92 Å². The van der Waals surface area contributed by atoms with Crippen molar-refractivity contribution in [1.29, 1.82) is 0 Å². The number of aldehydes is 1. The molecule has 0 aromatic heterocycles. The number of rotatable bonds is 4. The van der Waals surface area contributed by atoms with Crippen molar-refractivity contribution in [1.82, 2.24) is 0 Å². The molecule has 0 fully saturated rings. The molecule has 0 aliphatic rings. The fourth-order valence-corrected chi connectivity index (χ4v) is 1.52. The van der Waals surface area contributed by atoms with Crippen LogP contribution in [0.3, 0.4) is 0 Å². The third kappa shape index (κ3) is 2.56. The van der Waals surface area contributed by atoms with Gasteiger partial charge in [-0.2, -0.15) is 0 Å². The first kappa shape index (κ1) is 10.3. The highest BCUT2D eigenvalue weighted by atomic mass is 35.5. The largest absolute Gasteiger partial charge is 0.298 e. The molecular formula is C11H13ClO. The van der Waals surface area contributed by atoms with Gasteiger partial charge in [-0.05, 0) is 30.9 Å². The Kier molecular flexibility index (Phi) is 3.97. The monoisotopic (exact) mass is 196 g/mol. The molecule has 0 heterocycles. The first-order valence-electron chi connectivity index (χ1n) is 4.39. The summed E-state index contributed by atoms with van der Waals surface area (Å²) in [4.78, 5) is 10.8. The minimum absolute atomic E-state index is 0.645. The van der Waals surface area contributed by atoms with Crippen LogP contribution in [0.5, 0.6) is 0 Å². The summed E-state index contributed by atoms with van der Waals surface area (Å²) in [6, 6.07) is 5.92. The Morgan fingerprint density at radius 1 is 1.46 bits per heavy atom. The van der Waals surface area contributed by atoms with E-state index < -0.39 is 0 Å². The van der Waals surface area contributed by atoms with Gasteiger partial charge in [0.2, 0.25) is 0 Å². The summed E-state index contributed by atoms with van der Waals surface area (Å²) in [5.74, 6) is 0.645. The lowest BCUT2D eigenvalue weighted by Gasteiger charge is -2.05. The number of aryl methyl sites for hydroxylation is 2. The van der Waals surface area contributed by atoms with Gasteiger partial charge in [0.1, 0.15) is 0 Å². The van der Waals surface area contributed by atoms with Gasteiger partial charge in [0.15, 0.2) is 6.29 Å². The Labute approximate surface area is 83.7 Å². The second-order valence-corrected chi connectivity index (χ2v) is 3.44. The Morgan fingerprint density at radius 3 is 2.85 bits per heavy atom. The van der Waals surface area contributed by atoms with E-state index in [4.69, 9.17) is 11.6 Å². The maximum Gasteiger partial charge on any atom is 0.150 e. The fourth-order valence-electron chi connectivity index (χ4n) is 1.39. The average Bonchev–Trinajstić information content (AvgIpc) is 2.15. The lowest BCUT2D eigenvalue weighted by atomic mass is 10.00. The van der Waals surface area contributed by atoms with Crippen LogP contribution in [-0.2, 0) is 6.42 Å². The highest BCUT2D eigenvalue weighted by Gasteiger charge is 2.03. The van der Waals surface area contributed by atoms with Gasteiger partial charge >= 0.3 is 0 Å². The summed E-state index contributed by atoms with van der Waals surface area (Å²) in [6.45, 7) is 1.95. The Balaban J connectivity index is 2.91. The molecule has 13 heavy (non-hydrogen) atoms. The van der Waals surface area contributed by atoms with E-state index in [1.807, 2.05) is 25.1 Å². The van der Waals surface area contributed by atoms with Gasteiger partial charge in [0.25, 0.3) is 0 Å². The number of hydrogen-bond donors (Lipinski definition) is 0. The third-order valence-electron chi connectivity index (χ3n) is 2.11. The van der Waals surface area contributed by atoms with Crippen LogP contribution in [0.1, 0.15) is 27.9 Å². The summed E-state index contributed by atoms with van der Waals surface area (Å²) >= 11 is 5.60. The topological polar surface area (TPSA) is 17.1 Å². The lowest BCUT2D eigenvalue weighted by molar-refractivity contribution is 0.112. The highest BCUT2D eigenvalue weighted by molar-refractivity contribution is 6.17. The van der Waals surface area contributed by atoms with Gasteiger partial charge in [-0.1, -0.05) is 18.2 Å². The van der Waals surface area contributed by atoms with Gasteiger partial charge in [0.05, 0.1) is 0 Å². The van der Waals surface area contributed by atoms with Crippen LogP contribution in [-0.4, -0.2) is 12.2 Å². The number of carbonyl (C=O) groups is 1. The number of halogens is 1. The molecule has 1 aromatic carbocycles. The molecule has 0 aliphatic carbocycles. The molecule has 0 N–H and O–H groups in total.